The molecule has 0 unspecified atom stereocenters. The van der Waals surface area contributed by atoms with Crippen LogP contribution < -0.4 is 4.74 Å². The predicted octanol–water partition coefficient (Wildman–Crippen LogP) is 15.3. The summed E-state index contributed by atoms with van der Waals surface area (Å²) in [5, 5.41) is 5.28. The molecule has 0 heterocycles. The second-order valence-corrected chi connectivity index (χ2v) is 15.8. The topological polar surface area (TPSA) is 9.23 Å². The van der Waals surface area contributed by atoms with Crippen LogP contribution in [0.5, 0.6) is 5.75 Å². The Bertz CT molecular complexity index is 2250. The van der Waals surface area contributed by atoms with Gasteiger partial charge in [-0.25, -0.2) is 0 Å². The molecular weight excluding hydrogens is 772 g/mol. The van der Waals surface area contributed by atoms with Gasteiger partial charge in [0, 0.05) is 0 Å². The Morgan fingerprint density at radius 2 is 0.893 bits per heavy atom. The van der Waals surface area contributed by atoms with E-state index in [0.29, 0.717) is 0 Å². The van der Waals surface area contributed by atoms with Gasteiger partial charge >= 0.3 is 30.2 Å². The first-order valence-corrected chi connectivity index (χ1v) is 22.3. The maximum atomic E-state index is 5.95. The van der Waals surface area contributed by atoms with Crippen LogP contribution in [0, 0.1) is 85.1 Å². The summed E-state index contributed by atoms with van der Waals surface area (Å²) in [5.41, 5.74) is 19.5. The van der Waals surface area contributed by atoms with Crippen molar-refractivity contribution in [3.8, 4) is 39.1 Å². The van der Waals surface area contributed by atoms with Crippen LogP contribution in [0.1, 0.15) is 70.8 Å². The van der Waals surface area contributed by atoms with Crippen LogP contribution in [0.15, 0.2) is 97.1 Å². The quantitative estimate of drug-likeness (QED) is 0.127. The Morgan fingerprint density at radius 3 is 1.34 bits per heavy atom. The van der Waals surface area contributed by atoms with Crippen LogP contribution in [0.4, 0.5) is 0 Å². The van der Waals surface area contributed by atoms with Gasteiger partial charge in [0.2, 0.25) is 0 Å². The molecule has 7 rings (SSSR count). The zero-order chi connectivity index (χ0) is 38.1. The molecular formula is C53H64OSiZr-6. The molecule has 0 aromatic heterocycles. The van der Waals surface area contributed by atoms with Gasteiger partial charge in [-0.15, -0.1) is 50.9 Å². The molecule has 0 aliphatic carbocycles. The molecule has 7 aromatic rings. The second-order valence-electron chi connectivity index (χ2n) is 15.8. The van der Waals surface area contributed by atoms with E-state index in [1.807, 2.05) is 0 Å². The summed E-state index contributed by atoms with van der Waals surface area (Å²) in [6.45, 7) is 27.2. The van der Waals surface area contributed by atoms with Crippen LogP contribution in [-0.4, -0.2) is 14.0 Å². The van der Waals surface area contributed by atoms with Crippen LogP contribution >= 0.6 is 0 Å². The fourth-order valence-corrected chi connectivity index (χ4v) is 7.87. The molecule has 0 aliphatic rings. The summed E-state index contributed by atoms with van der Waals surface area (Å²) < 4.78 is 5.95. The van der Waals surface area contributed by atoms with Crippen LogP contribution in [0.3, 0.4) is 0 Å². The number of benzene rings is 5. The van der Waals surface area contributed by atoms with Crippen molar-refractivity contribution >= 4 is 28.4 Å². The molecule has 296 valence electrons. The molecule has 0 saturated carbocycles. The van der Waals surface area contributed by atoms with E-state index in [1.165, 1.54) is 128 Å². The Labute approximate surface area is 358 Å². The Hall–Kier alpha value is -3.78. The molecule has 0 atom stereocenters. The van der Waals surface area contributed by atoms with Crippen molar-refractivity contribution in [1.82, 2.24) is 0 Å². The molecule has 56 heavy (non-hydrogen) atoms. The number of methoxy groups -OCH3 is 1. The first kappa shape index (κ1) is 50.2. The fraction of sp³-hybridized carbons (Fsp3) is 0.245. The van der Waals surface area contributed by atoms with E-state index >= 15 is 0 Å². The third-order valence-electron chi connectivity index (χ3n) is 9.73. The number of aryl methyl sites for hydroxylation is 8. The molecule has 3 heteroatoms. The van der Waals surface area contributed by atoms with Crippen molar-refractivity contribution in [2.45, 2.75) is 81.6 Å². The Morgan fingerprint density at radius 1 is 0.500 bits per heavy atom. The average Bonchev–Trinajstić information content (AvgIpc) is 3.63. The minimum absolute atomic E-state index is 0. The molecule has 0 bridgehead atoms. The summed E-state index contributed by atoms with van der Waals surface area (Å²) in [6, 6.07) is 36.5. The molecule has 0 amide bonds. The Balaban J connectivity index is 0.000000503. The second kappa shape index (κ2) is 20.6. The van der Waals surface area contributed by atoms with Gasteiger partial charge in [-0.2, -0.15) is 12.1 Å². The summed E-state index contributed by atoms with van der Waals surface area (Å²) in [4.78, 5) is 0. The molecule has 7 aromatic carbocycles. The van der Waals surface area contributed by atoms with E-state index in [4.69, 9.17) is 4.74 Å². The number of rotatable bonds is 4. The van der Waals surface area contributed by atoms with E-state index in [1.54, 1.807) is 7.11 Å². The summed E-state index contributed by atoms with van der Waals surface area (Å²) in [5.74, 6) is 1.01. The van der Waals surface area contributed by atoms with Crippen molar-refractivity contribution in [1.29, 1.82) is 0 Å². The molecule has 0 N–H and O–H groups in total. The van der Waals surface area contributed by atoms with Crippen molar-refractivity contribution in [3.63, 3.8) is 0 Å². The zero-order valence-electron chi connectivity index (χ0n) is 37.1. The van der Waals surface area contributed by atoms with Crippen molar-refractivity contribution < 1.29 is 28.1 Å². The minimum atomic E-state index is 0. The number of fused-ring (bicyclic) bond motifs is 2. The molecule has 2 radical (unpaired) electrons. The van der Waals surface area contributed by atoms with E-state index in [9.17, 15) is 0 Å². The van der Waals surface area contributed by atoms with Crippen molar-refractivity contribution in [2.24, 2.45) is 0 Å². The molecule has 0 fully saturated rings. The van der Waals surface area contributed by atoms with Gasteiger partial charge in [0.05, 0.1) is 7.11 Å². The van der Waals surface area contributed by atoms with Gasteiger partial charge in [-0.3, -0.25) is 0 Å². The molecule has 0 spiro atoms. The maximum absolute atomic E-state index is 5.95. The third kappa shape index (κ3) is 11.0. The summed E-state index contributed by atoms with van der Waals surface area (Å²) in [7, 11) is 1.79. The predicted molar refractivity (Wildman–Crippen MR) is 250 cm³/mol. The number of hydrogen-bond donors (Lipinski definition) is 0. The average molecular weight is 836 g/mol. The van der Waals surface area contributed by atoms with Gasteiger partial charge in [0.25, 0.3) is 0 Å². The van der Waals surface area contributed by atoms with Crippen LogP contribution in [-0.2, 0) is 28.8 Å². The van der Waals surface area contributed by atoms with Crippen molar-refractivity contribution in [2.75, 3.05) is 7.11 Å². The van der Waals surface area contributed by atoms with E-state index in [-0.39, 0.29) is 35.1 Å². The summed E-state index contributed by atoms with van der Waals surface area (Å²) in [6.07, 6.45) is 0. The van der Waals surface area contributed by atoms with E-state index in [2.05, 4.69) is 180 Å². The van der Waals surface area contributed by atoms with Crippen molar-refractivity contribution in [3.05, 3.63) is 177 Å². The number of ether oxygens (including phenoxy) is 1. The molecule has 0 aliphatic heterocycles. The van der Waals surface area contributed by atoms with Crippen LogP contribution in [0.25, 0.3) is 54.9 Å². The van der Waals surface area contributed by atoms with Gasteiger partial charge in [0.15, 0.2) is 0 Å². The first-order valence-electron chi connectivity index (χ1n) is 18.1. The van der Waals surface area contributed by atoms with Gasteiger partial charge in [-0.05, 0) is 69.2 Å². The van der Waals surface area contributed by atoms with Gasteiger partial charge in [0.1, 0.15) is 5.75 Å². The zero-order valence-corrected chi connectivity index (χ0v) is 40.6. The molecule has 1 nitrogen and oxygen atoms in total. The normalized spacial score (nSPS) is 10.4. The Kier molecular flexibility index (Phi) is 18.5. The molecule has 0 saturated heterocycles. The van der Waals surface area contributed by atoms with E-state index < -0.39 is 0 Å². The monoisotopic (exact) mass is 834 g/mol. The van der Waals surface area contributed by atoms with Gasteiger partial charge in [-0.1, -0.05) is 151 Å². The standard InChI is InChI=1S/C26H25.C23H27O.4CH3.Si.Zr/c1-16-8-17(2)11-21(10-16)23-6-7-24(26-15-20(5)14-25(23)26)22-12-18(3)9-19(4)13-22;1-14-8-15(2)11-18(10-14)21-19-12-16(3)9-17(19)13-20(22(21)24-7)23(4,5)6;;;;;;/h6-15H,1-5H3;8-13H,1-7H3;4*1H3;;/q6*-1;;. The summed E-state index contributed by atoms with van der Waals surface area (Å²) >= 11 is 1.36. The SMILES string of the molecule is COc1c(C(C)(C)C)cc2[cH-]c(C)cc2c1-c1cc(C)cc(C)c1.Cc1cc(C)cc(-c2ccc(-c3cc(C)cc(C)c3)c3[cH-]c(C)cc23)c1.[CH3-].[CH3-].[CH3-].[CH3-].[Si]=[Zr]. The van der Waals surface area contributed by atoms with Crippen LogP contribution in [0.2, 0.25) is 0 Å². The third-order valence-corrected chi connectivity index (χ3v) is 9.73. The van der Waals surface area contributed by atoms with E-state index in [0.717, 1.165) is 5.75 Å². The van der Waals surface area contributed by atoms with Gasteiger partial charge < -0.3 is 34.4 Å². The number of hydrogen-bond acceptors (Lipinski definition) is 1. The first-order chi connectivity index (χ1) is 24.6. The fourth-order valence-electron chi connectivity index (χ4n) is 7.87.